The molecule has 2 nitrogen and oxygen atoms in total. The third-order valence-electron chi connectivity index (χ3n) is 3.66. The highest BCUT2D eigenvalue weighted by Gasteiger charge is 2.26. The summed E-state index contributed by atoms with van der Waals surface area (Å²) in [4.78, 5) is 5.63. The molecule has 0 spiro atoms. The van der Waals surface area contributed by atoms with Gasteiger partial charge in [-0.2, -0.15) is 0 Å². The molecule has 2 atom stereocenters. The summed E-state index contributed by atoms with van der Waals surface area (Å²) < 4.78 is 0. The summed E-state index contributed by atoms with van der Waals surface area (Å²) in [6.45, 7) is 10.4. The Kier molecular flexibility index (Phi) is 4.60. The molecule has 3 heteroatoms. The lowest BCUT2D eigenvalue weighted by Gasteiger charge is -2.33. The second kappa shape index (κ2) is 5.98. The van der Waals surface area contributed by atoms with Crippen LogP contribution in [-0.2, 0) is 0 Å². The third-order valence-corrected chi connectivity index (χ3v) is 4.83. The number of nitrogens with one attached hydrogen (secondary N) is 1. The van der Waals surface area contributed by atoms with E-state index in [1.54, 1.807) is 0 Å². The average Bonchev–Trinajstić information content (AvgIpc) is 2.95. The van der Waals surface area contributed by atoms with Gasteiger partial charge in [-0.1, -0.05) is 6.92 Å². The molecule has 17 heavy (non-hydrogen) atoms. The summed E-state index contributed by atoms with van der Waals surface area (Å²) in [5, 5.41) is 3.48. The van der Waals surface area contributed by atoms with E-state index in [-0.39, 0.29) is 0 Å². The number of rotatable bonds is 5. The average molecular weight is 252 g/mol. The zero-order valence-electron chi connectivity index (χ0n) is 11.2. The Labute approximate surface area is 109 Å². The van der Waals surface area contributed by atoms with Crippen molar-refractivity contribution in [2.24, 2.45) is 0 Å². The maximum Gasteiger partial charge on any atom is 0.0416 e. The van der Waals surface area contributed by atoms with Crippen molar-refractivity contribution in [2.75, 3.05) is 19.6 Å². The Bertz CT molecular complexity index is 342. The molecule has 1 aliphatic rings. The Morgan fingerprint density at radius 2 is 2.35 bits per heavy atom. The summed E-state index contributed by atoms with van der Waals surface area (Å²) in [6.07, 6.45) is 2.54. The highest BCUT2D eigenvalue weighted by molar-refractivity contribution is 7.12. The first-order chi connectivity index (χ1) is 8.22. The SMILES string of the molecule is CCCN(C1CCNC1)C(C)c1ccc(C)s1. The monoisotopic (exact) mass is 252 g/mol. The molecule has 0 saturated carbocycles. The Hall–Kier alpha value is -0.380. The summed E-state index contributed by atoms with van der Waals surface area (Å²) in [7, 11) is 0. The van der Waals surface area contributed by atoms with Crippen LogP contribution in [0.1, 0.15) is 42.5 Å². The molecule has 1 aromatic rings. The van der Waals surface area contributed by atoms with Crippen molar-refractivity contribution in [1.29, 1.82) is 0 Å². The van der Waals surface area contributed by atoms with E-state index in [0.717, 1.165) is 12.6 Å². The second-order valence-electron chi connectivity index (χ2n) is 5.01. The summed E-state index contributed by atoms with van der Waals surface area (Å²) in [5.74, 6) is 0. The lowest BCUT2D eigenvalue weighted by molar-refractivity contribution is 0.156. The first-order valence-electron chi connectivity index (χ1n) is 6.75. The molecule has 0 aromatic carbocycles. The lowest BCUT2D eigenvalue weighted by Crippen LogP contribution is -2.39. The van der Waals surface area contributed by atoms with Crippen molar-refractivity contribution in [2.45, 2.75) is 45.7 Å². The minimum Gasteiger partial charge on any atom is -0.315 e. The molecule has 0 radical (unpaired) electrons. The molecule has 1 aliphatic heterocycles. The van der Waals surface area contributed by atoms with Gasteiger partial charge >= 0.3 is 0 Å². The topological polar surface area (TPSA) is 15.3 Å². The number of nitrogens with zero attached hydrogens (tertiary/aromatic N) is 1. The molecule has 2 heterocycles. The van der Waals surface area contributed by atoms with Crippen molar-refractivity contribution in [3.05, 3.63) is 21.9 Å². The molecule has 96 valence electrons. The Morgan fingerprint density at radius 1 is 1.53 bits per heavy atom. The van der Waals surface area contributed by atoms with Gasteiger partial charge in [0.2, 0.25) is 0 Å². The van der Waals surface area contributed by atoms with Crippen LogP contribution in [0.25, 0.3) is 0 Å². The van der Waals surface area contributed by atoms with Gasteiger partial charge in [0.05, 0.1) is 0 Å². The summed E-state index contributed by atoms with van der Waals surface area (Å²) in [5.41, 5.74) is 0. The lowest BCUT2D eigenvalue weighted by atomic mass is 10.1. The summed E-state index contributed by atoms with van der Waals surface area (Å²) >= 11 is 1.95. The maximum atomic E-state index is 3.48. The first-order valence-corrected chi connectivity index (χ1v) is 7.56. The number of hydrogen-bond donors (Lipinski definition) is 1. The first kappa shape index (κ1) is 13.1. The van der Waals surface area contributed by atoms with E-state index in [4.69, 9.17) is 0 Å². The molecular formula is C14H24N2S. The van der Waals surface area contributed by atoms with Crippen molar-refractivity contribution < 1.29 is 0 Å². The quantitative estimate of drug-likeness (QED) is 0.866. The highest BCUT2D eigenvalue weighted by atomic mass is 32.1. The molecule has 0 aliphatic carbocycles. The van der Waals surface area contributed by atoms with E-state index in [1.165, 1.54) is 35.7 Å². The molecule has 1 N–H and O–H groups in total. The molecule has 2 unspecified atom stereocenters. The van der Waals surface area contributed by atoms with Crippen LogP contribution in [0.5, 0.6) is 0 Å². The van der Waals surface area contributed by atoms with E-state index < -0.39 is 0 Å². The van der Waals surface area contributed by atoms with Crippen LogP contribution in [-0.4, -0.2) is 30.6 Å². The van der Waals surface area contributed by atoms with E-state index in [0.29, 0.717) is 6.04 Å². The third kappa shape index (κ3) is 3.09. The van der Waals surface area contributed by atoms with Crippen molar-refractivity contribution in [3.63, 3.8) is 0 Å². The zero-order chi connectivity index (χ0) is 12.3. The molecule has 0 bridgehead atoms. The van der Waals surface area contributed by atoms with Gasteiger partial charge < -0.3 is 5.32 Å². The summed E-state index contributed by atoms with van der Waals surface area (Å²) in [6, 6.07) is 5.84. The molecule has 0 amide bonds. The van der Waals surface area contributed by atoms with Crippen LogP contribution in [0.2, 0.25) is 0 Å². The maximum absolute atomic E-state index is 3.48. The van der Waals surface area contributed by atoms with Gasteiger partial charge in [-0.25, -0.2) is 0 Å². The standard InChI is InChI=1S/C14H24N2S/c1-4-9-16(13-7-8-15-10-13)12(3)14-6-5-11(2)17-14/h5-6,12-13,15H,4,7-10H2,1-3H3. The van der Waals surface area contributed by atoms with Crippen LogP contribution in [0.15, 0.2) is 12.1 Å². The van der Waals surface area contributed by atoms with Crippen LogP contribution >= 0.6 is 11.3 Å². The second-order valence-corrected chi connectivity index (χ2v) is 6.33. The van der Waals surface area contributed by atoms with Crippen molar-refractivity contribution >= 4 is 11.3 Å². The van der Waals surface area contributed by atoms with Crippen LogP contribution in [0, 0.1) is 6.92 Å². The Morgan fingerprint density at radius 3 is 2.88 bits per heavy atom. The van der Waals surface area contributed by atoms with Gasteiger partial charge in [-0.15, -0.1) is 11.3 Å². The smallest absolute Gasteiger partial charge is 0.0416 e. The van der Waals surface area contributed by atoms with Gasteiger partial charge in [0.15, 0.2) is 0 Å². The van der Waals surface area contributed by atoms with Gasteiger partial charge in [-0.3, -0.25) is 4.90 Å². The van der Waals surface area contributed by atoms with Crippen LogP contribution < -0.4 is 5.32 Å². The molecule has 2 rings (SSSR count). The largest absolute Gasteiger partial charge is 0.315 e. The van der Waals surface area contributed by atoms with E-state index in [9.17, 15) is 0 Å². The van der Waals surface area contributed by atoms with Crippen molar-refractivity contribution in [1.82, 2.24) is 10.2 Å². The van der Waals surface area contributed by atoms with E-state index >= 15 is 0 Å². The Balaban J connectivity index is 2.08. The fourth-order valence-electron chi connectivity index (χ4n) is 2.71. The molecular weight excluding hydrogens is 228 g/mol. The van der Waals surface area contributed by atoms with Gasteiger partial charge in [0.1, 0.15) is 0 Å². The van der Waals surface area contributed by atoms with Crippen molar-refractivity contribution in [3.8, 4) is 0 Å². The van der Waals surface area contributed by atoms with Gasteiger partial charge in [0.25, 0.3) is 0 Å². The molecule has 1 aromatic heterocycles. The van der Waals surface area contributed by atoms with E-state index in [1.807, 2.05) is 11.3 Å². The molecule has 1 saturated heterocycles. The highest BCUT2D eigenvalue weighted by Crippen LogP contribution is 2.30. The minimum atomic E-state index is 0.568. The van der Waals surface area contributed by atoms with Gasteiger partial charge in [0, 0.05) is 28.4 Å². The number of aryl methyl sites for hydroxylation is 1. The number of hydrogen-bond acceptors (Lipinski definition) is 3. The van der Waals surface area contributed by atoms with Gasteiger partial charge in [-0.05, 0) is 51.9 Å². The fourth-order valence-corrected chi connectivity index (χ4v) is 3.66. The normalized spacial score (nSPS) is 22.2. The predicted molar refractivity (Wildman–Crippen MR) is 75.7 cm³/mol. The van der Waals surface area contributed by atoms with Crippen LogP contribution in [0.4, 0.5) is 0 Å². The minimum absolute atomic E-state index is 0.568. The molecule has 1 fully saturated rings. The van der Waals surface area contributed by atoms with Crippen LogP contribution in [0.3, 0.4) is 0 Å². The van der Waals surface area contributed by atoms with E-state index in [2.05, 4.69) is 43.1 Å². The zero-order valence-corrected chi connectivity index (χ0v) is 12.0. The fraction of sp³-hybridized carbons (Fsp3) is 0.714. The number of thiophene rings is 1. The predicted octanol–water partition coefficient (Wildman–Crippen LogP) is 3.19.